The predicted molar refractivity (Wildman–Crippen MR) is 102 cm³/mol. The van der Waals surface area contributed by atoms with Crippen LogP contribution in [0, 0.1) is 5.82 Å². The Hall–Kier alpha value is -2.74. The number of benzene rings is 2. The van der Waals surface area contributed by atoms with Crippen LogP contribution in [0.15, 0.2) is 53.6 Å². The SMILES string of the molecule is CCC(=O)N1N=C(c2ccc(NS(C)(=O)=O)cc2)CC1c1ccc(F)cc1. The number of anilines is 1. The molecule has 3 rings (SSSR count). The van der Waals surface area contributed by atoms with E-state index in [1.807, 2.05) is 0 Å². The Morgan fingerprint density at radius 3 is 2.37 bits per heavy atom. The third-order valence-corrected chi connectivity index (χ3v) is 4.85. The van der Waals surface area contributed by atoms with E-state index in [4.69, 9.17) is 0 Å². The molecule has 0 aliphatic carbocycles. The fourth-order valence-electron chi connectivity index (χ4n) is 2.97. The molecule has 0 bridgehead atoms. The first-order chi connectivity index (χ1) is 12.8. The van der Waals surface area contributed by atoms with Crippen molar-refractivity contribution < 1.29 is 17.6 Å². The van der Waals surface area contributed by atoms with Gasteiger partial charge in [0.05, 0.1) is 18.0 Å². The van der Waals surface area contributed by atoms with Gasteiger partial charge in [-0.2, -0.15) is 5.10 Å². The standard InChI is InChI=1S/C19H20FN3O3S/c1-3-19(24)23-18(14-4-8-15(20)9-5-14)12-17(21-23)13-6-10-16(11-7-13)22-27(2,25)26/h4-11,18,22H,3,12H2,1-2H3. The van der Waals surface area contributed by atoms with Crippen LogP contribution < -0.4 is 4.72 Å². The average Bonchev–Trinajstić information content (AvgIpc) is 3.06. The number of rotatable bonds is 5. The first kappa shape index (κ1) is 19.0. The Kier molecular flexibility index (Phi) is 5.27. The lowest BCUT2D eigenvalue weighted by Crippen LogP contribution is -2.26. The molecule has 0 saturated carbocycles. The van der Waals surface area contributed by atoms with Crippen LogP contribution in [-0.2, 0) is 14.8 Å². The molecule has 1 amide bonds. The number of carbonyl (C=O) groups excluding carboxylic acids is 1. The summed E-state index contributed by atoms with van der Waals surface area (Å²) >= 11 is 0. The van der Waals surface area contributed by atoms with Gasteiger partial charge in [0.25, 0.3) is 0 Å². The second-order valence-electron chi connectivity index (χ2n) is 6.36. The van der Waals surface area contributed by atoms with E-state index in [0.717, 1.165) is 23.1 Å². The molecule has 2 aromatic rings. The van der Waals surface area contributed by atoms with Crippen LogP contribution in [0.5, 0.6) is 0 Å². The van der Waals surface area contributed by atoms with Crippen molar-refractivity contribution in [2.75, 3.05) is 11.0 Å². The summed E-state index contributed by atoms with van der Waals surface area (Å²) in [5.74, 6) is -0.449. The van der Waals surface area contributed by atoms with Gasteiger partial charge in [0, 0.05) is 18.5 Å². The largest absolute Gasteiger partial charge is 0.284 e. The van der Waals surface area contributed by atoms with E-state index in [9.17, 15) is 17.6 Å². The summed E-state index contributed by atoms with van der Waals surface area (Å²) < 4.78 is 38.3. The van der Waals surface area contributed by atoms with E-state index in [2.05, 4.69) is 9.82 Å². The Labute approximate surface area is 157 Å². The van der Waals surface area contributed by atoms with Crippen molar-refractivity contribution in [3.05, 3.63) is 65.5 Å². The van der Waals surface area contributed by atoms with Crippen LogP contribution in [-0.4, -0.2) is 31.3 Å². The maximum Gasteiger partial charge on any atom is 0.242 e. The van der Waals surface area contributed by atoms with Crippen molar-refractivity contribution >= 4 is 27.3 Å². The van der Waals surface area contributed by atoms with Crippen LogP contribution in [0.1, 0.15) is 36.9 Å². The van der Waals surface area contributed by atoms with Gasteiger partial charge in [-0.3, -0.25) is 9.52 Å². The molecule has 0 saturated heterocycles. The van der Waals surface area contributed by atoms with E-state index in [1.165, 1.54) is 17.1 Å². The molecular weight excluding hydrogens is 369 g/mol. The maximum absolute atomic E-state index is 13.2. The van der Waals surface area contributed by atoms with Crippen molar-refractivity contribution in [2.24, 2.45) is 5.10 Å². The normalized spacial score (nSPS) is 16.9. The number of hydrogen-bond donors (Lipinski definition) is 1. The number of carbonyl (C=O) groups is 1. The molecule has 1 aliphatic rings. The van der Waals surface area contributed by atoms with Crippen molar-refractivity contribution in [3.8, 4) is 0 Å². The van der Waals surface area contributed by atoms with E-state index in [0.29, 0.717) is 18.5 Å². The number of amides is 1. The minimum absolute atomic E-state index is 0.116. The Morgan fingerprint density at radius 1 is 1.19 bits per heavy atom. The third kappa shape index (κ3) is 4.51. The molecule has 6 nitrogen and oxygen atoms in total. The summed E-state index contributed by atoms with van der Waals surface area (Å²) in [6.45, 7) is 1.77. The minimum atomic E-state index is -3.34. The second-order valence-corrected chi connectivity index (χ2v) is 8.11. The van der Waals surface area contributed by atoms with E-state index < -0.39 is 10.0 Å². The van der Waals surface area contributed by atoms with Gasteiger partial charge in [0.1, 0.15) is 5.82 Å². The lowest BCUT2D eigenvalue weighted by atomic mass is 9.98. The van der Waals surface area contributed by atoms with Crippen LogP contribution >= 0.6 is 0 Å². The minimum Gasteiger partial charge on any atom is -0.284 e. The molecule has 2 aromatic carbocycles. The Balaban J connectivity index is 1.87. The molecule has 0 aromatic heterocycles. The van der Waals surface area contributed by atoms with Crippen molar-refractivity contribution in [1.82, 2.24) is 5.01 Å². The zero-order chi connectivity index (χ0) is 19.6. The molecule has 1 aliphatic heterocycles. The molecule has 0 fully saturated rings. The number of hydrazone groups is 1. The Morgan fingerprint density at radius 2 is 1.81 bits per heavy atom. The topological polar surface area (TPSA) is 78.8 Å². The van der Waals surface area contributed by atoms with Gasteiger partial charge in [0.2, 0.25) is 15.9 Å². The summed E-state index contributed by atoms with van der Waals surface area (Å²) in [5, 5.41) is 5.93. The monoisotopic (exact) mass is 389 g/mol. The molecule has 142 valence electrons. The molecule has 1 atom stereocenters. The van der Waals surface area contributed by atoms with Gasteiger partial charge in [-0.25, -0.2) is 17.8 Å². The number of nitrogens with zero attached hydrogens (tertiary/aromatic N) is 2. The third-order valence-electron chi connectivity index (χ3n) is 4.24. The zero-order valence-corrected chi connectivity index (χ0v) is 15.8. The van der Waals surface area contributed by atoms with Crippen molar-refractivity contribution in [1.29, 1.82) is 0 Å². The Bertz CT molecular complexity index is 970. The summed E-state index contributed by atoms with van der Waals surface area (Å²) in [7, 11) is -3.34. The molecular formula is C19H20FN3O3S. The molecule has 0 spiro atoms. The first-order valence-corrected chi connectivity index (χ1v) is 10.4. The molecule has 27 heavy (non-hydrogen) atoms. The van der Waals surface area contributed by atoms with Crippen LogP contribution in [0.2, 0.25) is 0 Å². The fraction of sp³-hybridized carbons (Fsp3) is 0.263. The van der Waals surface area contributed by atoms with Crippen molar-refractivity contribution in [2.45, 2.75) is 25.8 Å². The summed E-state index contributed by atoms with van der Waals surface area (Å²) in [6.07, 6.45) is 1.89. The highest BCUT2D eigenvalue weighted by Gasteiger charge is 2.32. The smallest absolute Gasteiger partial charge is 0.242 e. The van der Waals surface area contributed by atoms with Gasteiger partial charge in [-0.1, -0.05) is 31.2 Å². The van der Waals surface area contributed by atoms with E-state index >= 15 is 0 Å². The van der Waals surface area contributed by atoms with Gasteiger partial charge in [-0.05, 0) is 35.4 Å². The van der Waals surface area contributed by atoms with E-state index in [1.54, 1.807) is 43.3 Å². The highest BCUT2D eigenvalue weighted by atomic mass is 32.2. The molecule has 1 N–H and O–H groups in total. The molecule has 8 heteroatoms. The number of halogens is 1. The predicted octanol–water partition coefficient (Wildman–Crippen LogP) is 3.28. The summed E-state index contributed by atoms with van der Waals surface area (Å²) in [5.41, 5.74) is 2.79. The summed E-state index contributed by atoms with van der Waals surface area (Å²) in [4.78, 5) is 12.3. The quantitative estimate of drug-likeness (QED) is 0.852. The van der Waals surface area contributed by atoms with Gasteiger partial charge >= 0.3 is 0 Å². The molecule has 0 radical (unpaired) electrons. The number of sulfonamides is 1. The highest BCUT2D eigenvalue weighted by Crippen LogP contribution is 2.33. The first-order valence-electron chi connectivity index (χ1n) is 8.50. The number of hydrogen-bond acceptors (Lipinski definition) is 4. The fourth-order valence-corrected chi connectivity index (χ4v) is 3.53. The second kappa shape index (κ2) is 7.48. The van der Waals surface area contributed by atoms with Crippen LogP contribution in [0.3, 0.4) is 0 Å². The van der Waals surface area contributed by atoms with Crippen LogP contribution in [0.25, 0.3) is 0 Å². The lowest BCUT2D eigenvalue weighted by Gasteiger charge is -2.21. The van der Waals surface area contributed by atoms with E-state index in [-0.39, 0.29) is 17.8 Å². The van der Waals surface area contributed by atoms with Gasteiger partial charge < -0.3 is 0 Å². The van der Waals surface area contributed by atoms with Gasteiger partial charge in [0.15, 0.2) is 0 Å². The zero-order valence-electron chi connectivity index (χ0n) is 15.0. The lowest BCUT2D eigenvalue weighted by molar-refractivity contribution is -0.132. The van der Waals surface area contributed by atoms with Crippen molar-refractivity contribution in [3.63, 3.8) is 0 Å². The maximum atomic E-state index is 13.2. The van der Waals surface area contributed by atoms with Crippen LogP contribution in [0.4, 0.5) is 10.1 Å². The van der Waals surface area contributed by atoms with Gasteiger partial charge in [-0.15, -0.1) is 0 Å². The summed E-state index contributed by atoms with van der Waals surface area (Å²) in [6, 6.07) is 12.6. The molecule has 1 unspecified atom stereocenters. The average molecular weight is 389 g/mol. The highest BCUT2D eigenvalue weighted by molar-refractivity contribution is 7.92. The molecule has 1 heterocycles. The number of nitrogens with one attached hydrogen (secondary N) is 1.